The van der Waals surface area contributed by atoms with Crippen LogP contribution in [-0.2, 0) is 16.1 Å². The summed E-state index contributed by atoms with van der Waals surface area (Å²) in [5.74, 6) is 0.820. The highest BCUT2D eigenvalue weighted by molar-refractivity contribution is 7.15. The van der Waals surface area contributed by atoms with Crippen LogP contribution in [0.5, 0.6) is 5.75 Å². The van der Waals surface area contributed by atoms with E-state index in [0.717, 1.165) is 11.3 Å². The van der Waals surface area contributed by atoms with Gasteiger partial charge in [0.1, 0.15) is 11.8 Å². The molecule has 2 rings (SSSR count). The molecule has 2 aromatic rings. The Bertz CT molecular complexity index is 634. The van der Waals surface area contributed by atoms with E-state index in [-0.39, 0.29) is 17.9 Å². The highest BCUT2D eigenvalue weighted by atomic mass is 32.1. The van der Waals surface area contributed by atoms with Crippen molar-refractivity contribution in [2.24, 2.45) is 5.92 Å². The number of methoxy groups -OCH3 is 2. The fraction of sp³-hybridized carbons (Fsp3) is 0.389. The minimum atomic E-state index is -0.286. The second-order valence-corrected chi connectivity index (χ2v) is 6.79. The van der Waals surface area contributed by atoms with Crippen LogP contribution >= 0.6 is 11.3 Å². The van der Waals surface area contributed by atoms with Crippen LogP contribution in [0.4, 0.5) is 0 Å². The molecule has 1 aromatic heterocycles. The number of ether oxygens (including phenoxy) is 2. The lowest BCUT2D eigenvalue weighted by Crippen LogP contribution is -2.41. The third-order valence-corrected chi connectivity index (χ3v) is 4.79. The summed E-state index contributed by atoms with van der Waals surface area (Å²) in [5, 5.41) is 3.29. The number of rotatable bonds is 7. The Balaban J connectivity index is 2.02. The van der Waals surface area contributed by atoms with Crippen LogP contribution in [-0.4, -0.2) is 26.2 Å². The van der Waals surface area contributed by atoms with Crippen molar-refractivity contribution < 1.29 is 14.3 Å². The smallest absolute Gasteiger partial charge is 0.323 e. The molecule has 4 nitrogen and oxygen atoms in total. The van der Waals surface area contributed by atoms with E-state index >= 15 is 0 Å². The van der Waals surface area contributed by atoms with Crippen LogP contribution in [0.3, 0.4) is 0 Å². The monoisotopic (exact) mass is 333 g/mol. The minimum absolute atomic E-state index is 0.184. The highest BCUT2D eigenvalue weighted by Gasteiger charge is 2.22. The van der Waals surface area contributed by atoms with E-state index < -0.39 is 0 Å². The third-order valence-electron chi connectivity index (χ3n) is 3.65. The van der Waals surface area contributed by atoms with Gasteiger partial charge in [0.15, 0.2) is 0 Å². The normalized spacial score (nSPS) is 12.2. The van der Waals surface area contributed by atoms with Crippen LogP contribution in [0.25, 0.3) is 10.4 Å². The average Bonchev–Trinajstić information content (AvgIpc) is 3.03. The van der Waals surface area contributed by atoms with Crippen molar-refractivity contribution in [1.82, 2.24) is 5.32 Å². The SMILES string of the molecule is COC(=O)[C@H](NCc1ccc(-c2ccc(OC)cc2)s1)C(C)C. The van der Waals surface area contributed by atoms with Crippen molar-refractivity contribution in [3.63, 3.8) is 0 Å². The number of nitrogens with one attached hydrogen (secondary N) is 1. The van der Waals surface area contributed by atoms with E-state index in [1.54, 1.807) is 18.4 Å². The molecule has 1 N–H and O–H groups in total. The van der Waals surface area contributed by atoms with Crippen LogP contribution < -0.4 is 10.1 Å². The first-order valence-corrected chi connectivity index (χ1v) is 8.41. The van der Waals surface area contributed by atoms with Gasteiger partial charge in [-0.15, -0.1) is 11.3 Å². The molecule has 0 unspecified atom stereocenters. The Morgan fingerprint density at radius 2 is 1.83 bits per heavy atom. The van der Waals surface area contributed by atoms with Crippen LogP contribution in [0, 0.1) is 5.92 Å². The average molecular weight is 333 g/mol. The third kappa shape index (κ3) is 4.56. The van der Waals surface area contributed by atoms with Gasteiger partial charge >= 0.3 is 5.97 Å². The van der Waals surface area contributed by atoms with E-state index in [2.05, 4.69) is 17.4 Å². The number of hydrogen-bond donors (Lipinski definition) is 1. The molecule has 0 fully saturated rings. The summed E-state index contributed by atoms with van der Waals surface area (Å²) >= 11 is 1.72. The number of benzene rings is 1. The van der Waals surface area contributed by atoms with Gasteiger partial charge in [0.2, 0.25) is 0 Å². The molecular weight excluding hydrogens is 310 g/mol. The molecule has 1 aromatic carbocycles. The predicted molar refractivity (Wildman–Crippen MR) is 93.8 cm³/mol. The van der Waals surface area contributed by atoms with Gasteiger partial charge in [-0.2, -0.15) is 0 Å². The maximum atomic E-state index is 11.8. The molecule has 5 heteroatoms. The number of esters is 1. The molecule has 1 atom stereocenters. The van der Waals surface area contributed by atoms with Crippen molar-refractivity contribution >= 4 is 17.3 Å². The molecule has 0 bridgehead atoms. The standard InChI is InChI=1S/C18H23NO3S/c1-12(2)17(18(20)22-4)19-11-15-9-10-16(23-15)13-5-7-14(21-3)8-6-13/h5-10,12,17,19H,11H2,1-4H3/t17-/m1/s1. The van der Waals surface area contributed by atoms with Gasteiger partial charge in [0.25, 0.3) is 0 Å². The Hall–Kier alpha value is -1.85. The number of hydrogen-bond acceptors (Lipinski definition) is 5. The first-order chi connectivity index (χ1) is 11.0. The molecule has 0 aliphatic carbocycles. The summed E-state index contributed by atoms with van der Waals surface area (Å²) < 4.78 is 10.0. The zero-order valence-corrected chi connectivity index (χ0v) is 14.8. The molecular formula is C18H23NO3S. The van der Waals surface area contributed by atoms with Gasteiger partial charge in [-0.3, -0.25) is 10.1 Å². The lowest BCUT2D eigenvalue weighted by molar-refractivity contribution is -0.144. The fourth-order valence-electron chi connectivity index (χ4n) is 2.31. The number of carbonyl (C=O) groups is 1. The van der Waals surface area contributed by atoms with Crippen molar-refractivity contribution in [1.29, 1.82) is 0 Å². The fourth-order valence-corrected chi connectivity index (χ4v) is 3.28. The van der Waals surface area contributed by atoms with Crippen LogP contribution in [0.2, 0.25) is 0 Å². The van der Waals surface area contributed by atoms with Gasteiger partial charge < -0.3 is 9.47 Å². The molecule has 23 heavy (non-hydrogen) atoms. The van der Waals surface area contributed by atoms with Gasteiger partial charge in [-0.25, -0.2) is 0 Å². The van der Waals surface area contributed by atoms with Crippen molar-refractivity contribution in [3.05, 3.63) is 41.3 Å². The van der Waals surface area contributed by atoms with E-state index in [4.69, 9.17) is 9.47 Å². The van der Waals surface area contributed by atoms with Crippen LogP contribution in [0.1, 0.15) is 18.7 Å². The van der Waals surface area contributed by atoms with Gasteiger partial charge in [-0.05, 0) is 47.9 Å². The summed E-state index contributed by atoms with van der Waals surface area (Å²) in [5.41, 5.74) is 1.16. The highest BCUT2D eigenvalue weighted by Crippen LogP contribution is 2.29. The van der Waals surface area contributed by atoms with Gasteiger partial charge in [-0.1, -0.05) is 13.8 Å². The van der Waals surface area contributed by atoms with E-state index in [1.807, 2.05) is 38.1 Å². The Morgan fingerprint density at radius 1 is 1.13 bits per heavy atom. The van der Waals surface area contributed by atoms with E-state index in [9.17, 15) is 4.79 Å². The van der Waals surface area contributed by atoms with Gasteiger partial charge in [0, 0.05) is 16.3 Å². The summed E-state index contributed by atoms with van der Waals surface area (Å²) in [6.45, 7) is 4.66. The zero-order chi connectivity index (χ0) is 16.8. The number of carbonyl (C=O) groups excluding carboxylic acids is 1. The zero-order valence-electron chi connectivity index (χ0n) is 14.0. The minimum Gasteiger partial charge on any atom is -0.497 e. The second-order valence-electron chi connectivity index (χ2n) is 5.62. The van der Waals surface area contributed by atoms with E-state index in [1.165, 1.54) is 16.9 Å². The predicted octanol–water partition coefficient (Wildman–Crippen LogP) is 3.71. The van der Waals surface area contributed by atoms with E-state index in [0.29, 0.717) is 6.54 Å². The first-order valence-electron chi connectivity index (χ1n) is 7.59. The largest absolute Gasteiger partial charge is 0.497 e. The van der Waals surface area contributed by atoms with Crippen molar-refractivity contribution in [2.45, 2.75) is 26.4 Å². The molecule has 0 saturated carbocycles. The van der Waals surface area contributed by atoms with Gasteiger partial charge in [0.05, 0.1) is 14.2 Å². The molecule has 0 saturated heterocycles. The summed E-state index contributed by atoms with van der Waals surface area (Å²) in [7, 11) is 3.09. The Labute approximate surface area is 141 Å². The van der Waals surface area contributed by atoms with Crippen molar-refractivity contribution in [2.75, 3.05) is 14.2 Å². The Morgan fingerprint density at radius 3 is 2.39 bits per heavy atom. The molecule has 1 heterocycles. The molecule has 124 valence electrons. The first kappa shape index (κ1) is 17.5. The summed E-state index contributed by atoms with van der Waals surface area (Å²) in [6.07, 6.45) is 0. The number of thiophene rings is 1. The molecule has 0 aliphatic heterocycles. The quantitative estimate of drug-likeness (QED) is 0.785. The molecule has 0 spiro atoms. The molecule has 0 amide bonds. The van der Waals surface area contributed by atoms with Crippen molar-refractivity contribution in [3.8, 4) is 16.2 Å². The maximum Gasteiger partial charge on any atom is 0.323 e. The lowest BCUT2D eigenvalue weighted by atomic mass is 10.0. The molecule has 0 aliphatic rings. The topological polar surface area (TPSA) is 47.6 Å². The van der Waals surface area contributed by atoms with Crippen LogP contribution in [0.15, 0.2) is 36.4 Å². The second kappa shape index (κ2) is 8.13. The summed E-state index contributed by atoms with van der Waals surface area (Å²) in [6, 6.07) is 11.9. The summed E-state index contributed by atoms with van der Waals surface area (Å²) in [4.78, 5) is 14.2. The Kier molecular flexibility index (Phi) is 6.19. The lowest BCUT2D eigenvalue weighted by Gasteiger charge is -2.19. The maximum absolute atomic E-state index is 11.8. The molecule has 0 radical (unpaired) electrons.